The Kier molecular flexibility index (Phi) is 7.33. The van der Waals surface area contributed by atoms with Crippen LogP contribution in [0.1, 0.15) is 13.3 Å². The van der Waals surface area contributed by atoms with Crippen LogP contribution in [0, 0.1) is 0 Å². The van der Waals surface area contributed by atoms with Gasteiger partial charge in [-0.05, 0) is 20.5 Å². The average molecular weight is 265 g/mol. The van der Waals surface area contributed by atoms with Crippen molar-refractivity contribution in [1.82, 2.24) is 14.5 Å². The molecule has 7 heteroatoms. The number of carbonyl (C=O) groups excluding carboxylic acids is 1. The van der Waals surface area contributed by atoms with Crippen LogP contribution in [0.25, 0.3) is 0 Å². The number of hydrogen-bond acceptors (Lipinski definition) is 4. The van der Waals surface area contributed by atoms with Gasteiger partial charge in [0, 0.05) is 33.1 Å². The molecule has 0 rings (SSSR count). The van der Waals surface area contributed by atoms with Gasteiger partial charge in [0.05, 0.1) is 6.26 Å². The van der Waals surface area contributed by atoms with E-state index in [-0.39, 0.29) is 5.91 Å². The third-order valence-corrected chi connectivity index (χ3v) is 2.96. The van der Waals surface area contributed by atoms with Gasteiger partial charge in [0.2, 0.25) is 15.9 Å². The lowest BCUT2D eigenvalue weighted by Crippen LogP contribution is -2.37. The van der Waals surface area contributed by atoms with Gasteiger partial charge in [-0.1, -0.05) is 0 Å². The molecule has 0 saturated carbocycles. The Morgan fingerprint density at radius 3 is 2.18 bits per heavy atom. The minimum atomic E-state index is -3.13. The van der Waals surface area contributed by atoms with E-state index < -0.39 is 10.0 Å². The lowest BCUT2D eigenvalue weighted by atomic mass is 10.3. The van der Waals surface area contributed by atoms with Crippen molar-refractivity contribution in [3.8, 4) is 0 Å². The second kappa shape index (κ2) is 7.62. The predicted octanol–water partition coefficient (Wildman–Crippen LogP) is -0.664. The van der Waals surface area contributed by atoms with Gasteiger partial charge in [-0.3, -0.25) is 4.79 Å². The van der Waals surface area contributed by atoms with Crippen molar-refractivity contribution >= 4 is 15.9 Å². The Hall–Kier alpha value is -0.660. The van der Waals surface area contributed by atoms with Gasteiger partial charge < -0.3 is 9.80 Å². The molecule has 0 aromatic heterocycles. The summed E-state index contributed by atoms with van der Waals surface area (Å²) in [5.41, 5.74) is 0. The molecule has 0 bridgehead atoms. The maximum atomic E-state index is 11.3. The summed E-state index contributed by atoms with van der Waals surface area (Å²) in [4.78, 5) is 15.0. The largest absolute Gasteiger partial charge is 0.342 e. The SMILES string of the molecule is CC(=O)N(CCCNS(C)(=O)=O)CCN(C)C. The standard InChI is InChI=1S/C10H23N3O3S/c1-10(14)13(9-8-12(2)3)7-5-6-11-17(4,15)16/h11H,5-9H2,1-4H3. The molecule has 0 aromatic rings. The molecule has 102 valence electrons. The topological polar surface area (TPSA) is 69.7 Å². The first-order valence-corrected chi connectivity index (χ1v) is 7.46. The number of hydrogen-bond donors (Lipinski definition) is 1. The highest BCUT2D eigenvalue weighted by Gasteiger charge is 2.08. The fourth-order valence-corrected chi connectivity index (χ4v) is 1.79. The zero-order chi connectivity index (χ0) is 13.5. The van der Waals surface area contributed by atoms with Crippen LogP contribution in [0.5, 0.6) is 0 Å². The normalized spacial score (nSPS) is 11.8. The quantitative estimate of drug-likeness (QED) is 0.591. The van der Waals surface area contributed by atoms with Gasteiger partial charge in [-0.15, -0.1) is 0 Å². The third kappa shape index (κ3) is 10.2. The van der Waals surface area contributed by atoms with E-state index in [1.165, 1.54) is 6.92 Å². The third-order valence-electron chi connectivity index (χ3n) is 2.23. The van der Waals surface area contributed by atoms with Crippen molar-refractivity contribution in [2.75, 3.05) is 46.5 Å². The molecule has 1 N–H and O–H groups in total. The number of sulfonamides is 1. The molecule has 1 amide bonds. The highest BCUT2D eigenvalue weighted by molar-refractivity contribution is 7.88. The molecule has 0 saturated heterocycles. The van der Waals surface area contributed by atoms with Crippen molar-refractivity contribution in [3.05, 3.63) is 0 Å². The van der Waals surface area contributed by atoms with Gasteiger partial charge in [0.25, 0.3) is 0 Å². The molecule has 0 heterocycles. The van der Waals surface area contributed by atoms with E-state index in [9.17, 15) is 13.2 Å². The van der Waals surface area contributed by atoms with E-state index >= 15 is 0 Å². The van der Waals surface area contributed by atoms with Crippen molar-refractivity contribution in [2.45, 2.75) is 13.3 Å². The summed E-state index contributed by atoms with van der Waals surface area (Å²) in [5.74, 6) is 0.0196. The van der Waals surface area contributed by atoms with Crippen molar-refractivity contribution < 1.29 is 13.2 Å². The number of rotatable bonds is 8. The number of nitrogens with one attached hydrogen (secondary N) is 1. The van der Waals surface area contributed by atoms with E-state index in [2.05, 4.69) is 4.72 Å². The van der Waals surface area contributed by atoms with Crippen LogP contribution >= 0.6 is 0 Å². The van der Waals surface area contributed by atoms with E-state index in [4.69, 9.17) is 0 Å². The molecule has 6 nitrogen and oxygen atoms in total. The summed E-state index contributed by atoms with van der Waals surface area (Å²) in [5, 5.41) is 0. The van der Waals surface area contributed by atoms with Crippen LogP contribution in [0.3, 0.4) is 0 Å². The minimum absolute atomic E-state index is 0.0196. The Bertz CT molecular complexity index is 328. The first-order valence-electron chi connectivity index (χ1n) is 5.57. The predicted molar refractivity (Wildman–Crippen MR) is 68.3 cm³/mol. The van der Waals surface area contributed by atoms with E-state index in [1.807, 2.05) is 19.0 Å². The van der Waals surface area contributed by atoms with Gasteiger partial charge in [0.15, 0.2) is 0 Å². The summed E-state index contributed by atoms with van der Waals surface area (Å²) in [6, 6.07) is 0. The number of likely N-dealkylation sites (N-methyl/N-ethyl adjacent to an activating group) is 1. The van der Waals surface area contributed by atoms with Crippen LogP contribution in [0.15, 0.2) is 0 Å². The second-order valence-electron chi connectivity index (χ2n) is 4.33. The van der Waals surface area contributed by atoms with Gasteiger partial charge in [-0.2, -0.15) is 0 Å². The molecule has 0 spiro atoms. The van der Waals surface area contributed by atoms with Crippen molar-refractivity contribution in [1.29, 1.82) is 0 Å². The van der Waals surface area contributed by atoms with Gasteiger partial charge in [0.1, 0.15) is 0 Å². The molecule has 0 aliphatic rings. The van der Waals surface area contributed by atoms with Crippen LogP contribution in [0.2, 0.25) is 0 Å². The Morgan fingerprint density at radius 2 is 1.76 bits per heavy atom. The number of nitrogens with zero attached hydrogens (tertiary/aromatic N) is 2. The first-order chi connectivity index (χ1) is 7.72. The fraction of sp³-hybridized carbons (Fsp3) is 0.900. The highest BCUT2D eigenvalue weighted by atomic mass is 32.2. The summed E-state index contributed by atoms with van der Waals surface area (Å²) in [6.07, 6.45) is 1.75. The smallest absolute Gasteiger partial charge is 0.219 e. The van der Waals surface area contributed by atoms with Crippen LogP contribution in [0.4, 0.5) is 0 Å². The Balaban J connectivity index is 3.90. The molecule has 0 aliphatic heterocycles. The molecule has 0 radical (unpaired) electrons. The second-order valence-corrected chi connectivity index (χ2v) is 6.16. The van der Waals surface area contributed by atoms with Crippen LogP contribution in [-0.2, 0) is 14.8 Å². The molecule has 0 unspecified atom stereocenters. The zero-order valence-electron chi connectivity index (χ0n) is 11.1. The van der Waals surface area contributed by atoms with Crippen molar-refractivity contribution in [3.63, 3.8) is 0 Å². The summed E-state index contributed by atoms with van der Waals surface area (Å²) in [6.45, 7) is 3.94. The highest BCUT2D eigenvalue weighted by Crippen LogP contribution is 1.93. The number of amides is 1. The lowest BCUT2D eigenvalue weighted by molar-refractivity contribution is -0.129. The molecular formula is C10H23N3O3S. The van der Waals surface area contributed by atoms with E-state index in [0.29, 0.717) is 26.1 Å². The van der Waals surface area contributed by atoms with Crippen LogP contribution < -0.4 is 4.72 Å². The van der Waals surface area contributed by atoms with Gasteiger partial charge in [-0.25, -0.2) is 13.1 Å². The average Bonchev–Trinajstić information content (AvgIpc) is 2.13. The molecule has 0 aliphatic carbocycles. The summed E-state index contributed by atoms with van der Waals surface area (Å²) >= 11 is 0. The molecule has 0 fully saturated rings. The van der Waals surface area contributed by atoms with Gasteiger partial charge >= 0.3 is 0 Å². The summed E-state index contributed by atoms with van der Waals surface area (Å²) in [7, 11) is 0.766. The molecule has 0 atom stereocenters. The molecule has 0 aromatic carbocycles. The number of carbonyl (C=O) groups is 1. The lowest BCUT2D eigenvalue weighted by Gasteiger charge is -2.22. The monoisotopic (exact) mass is 265 g/mol. The molecule has 17 heavy (non-hydrogen) atoms. The zero-order valence-corrected chi connectivity index (χ0v) is 11.9. The first kappa shape index (κ1) is 16.3. The maximum absolute atomic E-state index is 11.3. The Morgan fingerprint density at radius 1 is 1.18 bits per heavy atom. The minimum Gasteiger partial charge on any atom is -0.342 e. The maximum Gasteiger partial charge on any atom is 0.219 e. The summed E-state index contributed by atoms with van der Waals surface area (Å²) < 4.78 is 24.1. The van der Waals surface area contributed by atoms with E-state index in [1.54, 1.807) is 4.90 Å². The van der Waals surface area contributed by atoms with Crippen molar-refractivity contribution in [2.24, 2.45) is 0 Å². The van der Waals surface area contributed by atoms with E-state index in [0.717, 1.165) is 12.8 Å². The van der Waals surface area contributed by atoms with Crippen LogP contribution in [-0.4, -0.2) is 70.7 Å². The molecular weight excluding hydrogens is 242 g/mol. The Labute approximate surface area is 104 Å². The fourth-order valence-electron chi connectivity index (χ4n) is 1.27.